The molecule has 0 spiro atoms. The van der Waals surface area contributed by atoms with Crippen LogP contribution in [0.3, 0.4) is 0 Å². The van der Waals surface area contributed by atoms with Crippen LogP contribution in [-0.4, -0.2) is 56.2 Å². The number of carbonyl (C=O) groups excluding carboxylic acids is 1. The molecule has 134 valence electrons. The standard InChI is InChI=1S/C18H31N5O/c1-15-8-12-23(13-9-15)11-5-4-10-19-18(24)21-16-6-7-17(20-14-16)22(2)3/h6-7,14-15H,4-5,8-13H2,1-3H3,(H2,19,21,24). The van der Waals surface area contributed by atoms with Crippen LogP contribution >= 0.6 is 0 Å². The van der Waals surface area contributed by atoms with Gasteiger partial charge in [0.05, 0.1) is 11.9 Å². The van der Waals surface area contributed by atoms with Crippen LogP contribution in [0.15, 0.2) is 18.3 Å². The Morgan fingerprint density at radius 2 is 2.04 bits per heavy atom. The number of urea groups is 1. The Hall–Kier alpha value is -1.82. The van der Waals surface area contributed by atoms with E-state index in [9.17, 15) is 4.79 Å². The van der Waals surface area contributed by atoms with Gasteiger partial charge in [0.15, 0.2) is 0 Å². The fourth-order valence-corrected chi connectivity index (χ4v) is 2.85. The van der Waals surface area contributed by atoms with E-state index in [1.54, 1.807) is 6.20 Å². The zero-order valence-electron chi connectivity index (χ0n) is 15.2. The van der Waals surface area contributed by atoms with E-state index in [2.05, 4.69) is 27.4 Å². The van der Waals surface area contributed by atoms with Crippen molar-refractivity contribution >= 4 is 17.5 Å². The highest BCUT2D eigenvalue weighted by atomic mass is 16.2. The number of hydrogen-bond donors (Lipinski definition) is 2. The summed E-state index contributed by atoms with van der Waals surface area (Å²) in [6, 6.07) is 3.58. The molecule has 0 unspecified atom stereocenters. The summed E-state index contributed by atoms with van der Waals surface area (Å²) in [4.78, 5) is 20.6. The highest BCUT2D eigenvalue weighted by Gasteiger charge is 2.14. The Morgan fingerprint density at radius 3 is 2.67 bits per heavy atom. The molecule has 2 amide bonds. The SMILES string of the molecule is CC1CCN(CCCCNC(=O)Nc2ccc(N(C)C)nc2)CC1. The van der Waals surface area contributed by atoms with E-state index in [-0.39, 0.29) is 6.03 Å². The van der Waals surface area contributed by atoms with Gasteiger partial charge < -0.3 is 20.4 Å². The minimum absolute atomic E-state index is 0.166. The van der Waals surface area contributed by atoms with Crippen LogP contribution in [0.2, 0.25) is 0 Å². The lowest BCUT2D eigenvalue weighted by Crippen LogP contribution is -2.34. The van der Waals surface area contributed by atoms with Crippen molar-refractivity contribution in [2.24, 2.45) is 5.92 Å². The van der Waals surface area contributed by atoms with Gasteiger partial charge in [-0.1, -0.05) is 6.92 Å². The molecule has 0 saturated carbocycles. The van der Waals surface area contributed by atoms with Crippen molar-refractivity contribution in [3.63, 3.8) is 0 Å². The molecule has 0 atom stereocenters. The van der Waals surface area contributed by atoms with E-state index in [0.717, 1.165) is 31.1 Å². The van der Waals surface area contributed by atoms with E-state index < -0.39 is 0 Å². The number of aromatic nitrogens is 1. The smallest absolute Gasteiger partial charge is 0.319 e. The maximum Gasteiger partial charge on any atom is 0.319 e. The van der Waals surface area contributed by atoms with Crippen LogP contribution in [0.5, 0.6) is 0 Å². The minimum Gasteiger partial charge on any atom is -0.363 e. The van der Waals surface area contributed by atoms with Crippen molar-refractivity contribution in [2.75, 3.05) is 50.5 Å². The Balaban J connectivity index is 1.56. The van der Waals surface area contributed by atoms with E-state index in [1.807, 2.05) is 31.1 Å². The number of hydrogen-bond acceptors (Lipinski definition) is 4. The molecule has 6 nitrogen and oxygen atoms in total. The fraction of sp³-hybridized carbons (Fsp3) is 0.667. The maximum atomic E-state index is 11.9. The van der Waals surface area contributed by atoms with Gasteiger partial charge >= 0.3 is 6.03 Å². The molecule has 1 fully saturated rings. The zero-order chi connectivity index (χ0) is 17.4. The second-order valence-electron chi connectivity index (χ2n) is 6.91. The van der Waals surface area contributed by atoms with Gasteiger partial charge in [0, 0.05) is 20.6 Å². The lowest BCUT2D eigenvalue weighted by Gasteiger charge is -2.30. The van der Waals surface area contributed by atoms with Crippen LogP contribution in [0.4, 0.5) is 16.3 Å². The van der Waals surface area contributed by atoms with Gasteiger partial charge in [-0.05, 0) is 63.4 Å². The third kappa shape index (κ3) is 6.35. The first kappa shape index (κ1) is 18.5. The summed E-state index contributed by atoms with van der Waals surface area (Å²) in [6.07, 6.45) is 6.46. The minimum atomic E-state index is -0.166. The second-order valence-corrected chi connectivity index (χ2v) is 6.91. The fourth-order valence-electron chi connectivity index (χ4n) is 2.85. The average molecular weight is 333 g/mol. The van der Waals surface area contributed by atoms with E-state index in [1.165, 1.54) is 25.9 Å². The molecule has 1 aromatic heterocycles. The van der Waals surface area contributed by atoms with E-state index in [0.29, 0.717) is 12.2 Å². The third-order valence-corrected chi connectivity index (χ3v) is 4.53. The molecule has 2 rings (SSSR count). The highest BCUT2D eigenvalue weighted by molar-refractivity contribution is 5.89. The Kier molecular flexibility index (Phi) is 7.31. The first-order valence-electron chi connectivity index (χ1n) is 8.95. The molecule has 2 heterocycles. The van der Waals surface area contributed by atoms with Crippen molar-refractivity contribution in [1.82, 2.24) is 15.2 Å². The molecule has 0 aromatic carbocycles. The van der Waals surface area contributed by atoms with Gasteiger partial charge in [0.25, 0.3) is 0 Å². The van der Waals surface area contributed by atoms with Crippen molar-refractivity contribution in [2.45, 2.75) is 32.6 Å². The molecule has 6 heteroatoms. The van der Waals surface area contributed by atoms with E-state index >= 15 is 0 Å². The monoisotopic (exact) mass is 333 g/mol. The average Bonchev–Trinajstić information content (AvgIpc) is 2.56. The maximum absolute atomic E-state index is 11.9. The predicted octanol–water partition coefficient (Wildman–Crippen LogP) is 2.78. The van der Waals surface area contributed by atoms with Crippen LogP contribution in [0.25, 0.3) is 0 Å². The van der Waals surface area contributed by atoms with Crippen LogP contribution in [0.1, 0.15) is 32.6 Å². The van der Waals surface area contributed by atoms with Gasteiger partial charge in [0.2, 0.25) is 0 Å². The number of carbonyl (C=O) groups is 1. The lowest BCUT2D eigenvalue weighted by molar-refractivity contribution is 0.189. The molecule has 0 radical (unpaired) electrons. The molecule has 1 saturated heterocycles. The van der Waals surface area contributed by atoms with E-state index in [4.69, 9.17) is 0 Å². The van der Waals surface area contributed by atoms with Gasteiger partial charge in [0.1, 0.15) is 5.82 Å². The Bertz CT molecular complexity index is 495. The number of amides is 2. The summed E-state index contributed by atoms with van der Waals surface area (Å²) in [6.45, 7) is 6.64. The third-order valence-electron chi connectivity index (χ3n) is 4.53. The molecular weight excluding hydrogens is 302 g/mol. The molecule has 1 aliphatic rings. The summed E-state index contributed by atoms with van der Waals surface area (Å²) >= 11 is 0. The molecular formula is C18H31N5O. The quantitative estimate of drug-likeness (QED) is 0.753. The van der Waals surface area contributed by atoms with Crippen LogP contribution in [-0.2, 0) is 0 Å². The number of anilines is 2. The molecule has 1 aliphatic heterocycles. The molecule has 0 aliphatic carbocycles. The predicted molar refractivity (Wildman–Crippen MR) is 99.7 cm³/mol. The van der Waals surface area contributed by atoms with Crippen molar-refractivity contribution in [1.29, 1.82) is 0 Å². The molecule has 24 heavy (non-hydrogen) atoms. The number of nitrogens with one attached hydrogen (secondary N) is 2. The largest absolute Gasteiger partial charge is 0.363 e. The van der Waals surface area contributed by atoms with Crippen molar-refractivity contribution in [3.05, 3.63) is 18.3 Å². The van der Waals surface area contributed by atoms with Gasteiger partial charge in [-0.3, -0.25) is 0 Å². The van der Waals surface area contributed by atoms with Crippen LogP contribution in [0, 0.1) is 5.92 Å². The van der Waals surface area contributed by atoms with Gasteiger partial charge in [-0.2, -0.15) is 0 Å². The number of pyridine rings is 1. The topological polar surface area (TPSA) is 60.5 Å². The van der Waals surface area contributed by atoms with Gasteiger partial charge in [-0.25, -0.2) is 9.78 Å². The van der Waals surface area contributed by atoms with Crippen molar-refractivity contribution < 1.29 is 4.79 Å². The first-order valence-corrected chi connectivity index (χ1v) is 8.95. The summed E-state index contributed by atoms with van der Waals surface area (Å²) in [7, 11) is 3.87. The highest BCUT2D eigenvalue weighted by Crippen LogP contribution is 2.16. The molecule has 1 aromatic rings. The summed E-state index contributed by atoms with van der Waals surface area (Å²) < 4.78 is 0. The number of unbranched alkanes of at least 4 members (excludes halogenated alkanes) is 1. The van der Waals surface area contributed by atoms with Crippen LogP contribution < -0.4 is 15.5 Å². The molecule has 2 N–H and O–H groups in total. The van der Waals surface area contributed by atoms with Gasteiger partial charge in [-0.15, -0.1) is 0 Å². The number of rotatable bonds is 7. The second kappa shape index (κ2) is 9.47. The Morgan fingerprint density at radius 1 is 1.29 bits per heavy atom. The normalized spacial score (nSPS) is 16.0. The van der Waals surface area contributed by atoms with Crippen molar-refractivity contribution in [3.8, 4) is 0 Å². The number of piperidine rings is 1. The number of likely N-dealkylation sites (tertiary alicyclic amines) is 1. The summed E-state index contributed by atoms with van der Waals surface area (Å²) in [5.74, 6) is 1.75. The summed E-state index contributed by atoms with van der Waals surface area (Å²) in [5.41, 5.74) is 0.709. The zero-order valence-corrected chi connectivity index (χ0v) is 15.2. The molecule has 0 bridgehead atoms. The first-order chi connectivity index (χ1) is 11.5. The number of nitrogens with zero attached hydrogens (tertiary/aromatic N) is 3. The lowest BCUT2D eigenvalue weighted by atomic mass is 9.99. The summed E-state index contributed by atoms with van der Waals surface area (Å²) in [5, 5.41) is 5.72. The Labute approximate surface area is 145 Å².